The summed E-state index contributed by atoms with van der Waals surface area (Å²) in [5.41, 5.74) is 1.20. The van der Waals surface area contributed by atoms with Crippen LogP contribution in [0.25, 0.3) is 0 Å². The third-order valence-electron chi connectivity index (χ3n) is 1.74. The third kappa shape index (κ3) is 2.72. The van der Waals surface area contributed by atoms with Crippen LogP contribution in [0.15, 0.2) is 30.3 Å². The summed E-state index contributed by atoms with van der Waals surface area (Å²) in [5.74, 6) is 0. The molecule has 0 saturated carbocycles. The van der Waals surface area contributed by atoms with Crippen LogP contribution in [0, 0.1) is 0 Å². The lowest BCUT2D eigenvalue weighted by Gasteiger charge is -2.08. The molecule has 0 aromatic heterocycles. The van der Waals surface area contributed by atoms with E-state index >= 15 is 0 Å². The number of hydrogen-bond acceptors (Lipinski definition) is 1. The van der Waals surface area contributed by atoms with Crippen LogP contribution in [0.4, 0.5) is 0 Å². The van der Waals surface area contributed by atoms with Crippen LogP contribution in [0.3, 0.4) is 0 Å². The Kier molecular flexibility index (Phi) is 2.58. The second-order valence-corrected chi connectivity index (χ2v) is 2.69. The van der Waals surface area contributed by atoms with E-state index in [1.54, 1.807) is 0 Å². The molecule has 1 aromatic rings. The summed E-state index contributed by atoms with van der Waals surface area (Å²) in [7, 11) is 1.82. The van der Waals surface area contributed by atoms with E-state index in [4.69, 9.17) is 1.37 Å². The summed E-state index contributed by atoms with van der Waals surface area (Å²) in [5, 5.41) is 2.96. The maximum atomic E-state index is 7.80. The van der Waals surface area contributed by atoms with E-state index in [1.165, 1.54) is 5.56 Å². The molecule has 1 atom stereocenters. The second kappa shape index (κ2) is 4.14. The molecule has 0 aliphatic carbocycles. The molecule has 0 saturated heterocycles. The quantitative estimate of drug-likeness (QED) is 0.693. The Morgan fingerprint density at radius 1 is 1.45 bits per heavy atom. The number of nitrogens with one attached hydrogen (secondary N) is 1. The topological polar surface area (TPSA) is 12.0 Å². The molecular weight excluding hydrogens is 134 g/mol. The smallest absolute Gasteiger partial charge is 0.0465 e. The van der Waals surface area contributed by atoms with Crippen LogP contribution in [0.1, 0.15) is 13.9 Å². The van der Waals surface area contributed by atoms with Gasteiger partial charge in [-0.05, 0) is 26.0 Å². The van der Waals surface area contributed by atoms with Gasteiger partial charge in [0.15, 0.2) is 0 Å². The minimum Gasteiger partial charge on any atom is -0.317 e. The second-order valence-electron chi connectivity index (χ2n) is 2.69. The van der Waals surface area contributed by atoms with Crippen molar-refractivity contribution < 1.29 is 1.37 Å². The molecule has 0 aliphatic rings. The van der Waals surface area contributed by atoms with Gasteiger partial charge in [0.1, 0.15) is 0 Å². The fraction of sp³-hybridized carbons (Fsp3) is 0.400. The lowest BCUT2D eigenvalue weighted by molar-refractivity contribution is 0.608. The molecule has 0 amide bonds. The molecule has 11 heavy (non-hydrogen) atoms. The Bertz CT molecular complexity index is 231. The molecule has 1 unspecified atom stereocenters. The van der Waals surface area contributed by atoms with Crippen molar-refractivity contribution >= 4 is 0 Å². The molecule has 1 nitrogen and oxygen atoms in total. The number of hydrogen-bond donors (Lipinski definition) is 1. The molecule has 0 fully saturated rings. The van der Waals surface area contributed by atoms with Gasteiger partial charge in [0.25, 0.3) is 0 Å². The van der Waals surface area contributed by atoms with Gasteiger partial charge in [-0.15, -0.1) is 0 Å². The highest BCUT2D eigenvalue weighted by Crippen LogP contribution is 2.01. The van der Waals surface area contributed by atoms with Crippen LogP contribution in [-0.2, 0) is 6.42 Å². The van der Waals surface area contributed by atoms with Crippen molar-refractivity contribution in [2.45, 2.75) is 19.4 Å². The van der Waals surface area contributed by atoms with Gasteiger partial charge in [0.05, 0.1) is 0 Å². The molecule has 0 aliphatic heterocycles. The van der Waals surface area contributed by atoms with Crippen LogP contribution >= 0.6 is 0 Å². The first-order valence-corrected chi connectivity index (χ1v) is 3.87. The highest BCUT2D eigenvalue weighted by Gasteiger charge is 1.97. The van der Waals surface area contributed by atoms with Crippen LogP contribution in [-0.4, -0.2) is 13.1 Å². The molecule has 1 heteroatoms. The van der Waals surface area contributed by atoms with Crippen molar-refractivity contribution in [3.63, 3.8) is 0 Å². The minimum absolute atomic E-state index is 0.554. The fourth-order valence-electron chi connectivity index (χ4n) is 0.990. The van der Waals surface area contributed by atoms with E-state index in [1.807, 2.05) is 44.3 Å². The normalized spacial score (nSPS) is 17.1. The lowest BCUT2D eigenvalue weighted by atomic mass is 10.1. The van der Waals surface area contributed by atoms with Gasteiger partial charge in [-0.3, -0.25) is 0 Å². The average molecular weight is 150 g/mol. The Hall–Kier alpha value is -0.820. The van der Waals surface area contributed by atoms with Gasteiger partial charge in [-0.2, -0.15) is 0 Å². The predicted molar refractivity (Wildman–Crippen MR) is 48.7 cm³/mol. The molecule has 0 spiro atoms. The van der Waals surface area contributed by atoms with E-state index in [2.05, 4.69) is 5.32 Å². The molecule has 1 rings (SSSR count). The van der Waals surface area contributed by atoms with Gasteiger partial charge >= 0.3 is 0 Å². The maximum Gasteiger partial charge on any atom is 0.0465 e. The zero-order valence-corrected chi connectivity index (χ0v) is 7.09. The largest absolute Gasteiger partial charge is 0.317 e. The van der Waals surface area contributed by atoms with Crippen molar-refractivity contribution in [2.24, 2.45) is 0 Å². The van der Waals surface area contributed by atoms with E-state index < -0.39 is 6.02 Å². The summed E-state index contributed by atoms with van der Waals surface area (Å²) in [4.78, 5) is 0. The Balaban J connectivity index is 2.64. The number of rotatable bonds is 3. The van der Waals surface area contributed by atoms with Gasteiger partial charge in [-0.1, -0.05) is 30.3 Å². The standard InChI is InChI=1S/C10H15N/c1-9(11-2)8-10-6-4-3-5-7-10/h3-7,9,11H,8H2,1-2H3/i9D. The van der Waals surface area contributed by atoms with Crippen molar-refractivity contribution in [2.75, 3.05) is 7.05 Å². The SMILES string of the molecule is [2H]C(C)(Cc1ccccc1)NC. The summed E-state index contributed by atoms with van der Waals surface area (Å²) in [6.07, 6.45) is 0.740. The molecule has 0 bridgehead atoms. The minimum atomic E-state index is -0.554. The first-order chi connectivity index (χ1) is 5.64. The Morgan fingerprint density at radius 3 is 2.64 bits per heavy atom. The number of benzene rings is 1. The van der Waals surface area contributed by atoms with Gasteiger partial charge in [-0.25, -0.2) is 0 Å². The lowest BCUT2D eigenvalue weighted by Crippen LogP contribution is -2.23. The summed E-state index contributed by atoms with van der Waals surface area (Å²) in [6.45, 7) is 1.88. The molecule has 1 aromatic carbocycles. The van der Waals surface area contributed by atoms with E-state index in [9.17, 15) is 0 Å². The molecule has 60 valence electrons. The Morgan fingerprint density at radius 2 is 2.09 bits per heavy atom. The molecule has 0 heterocycles. The van der Waals surface area contributed by atoms with E-state index in [0.29, 0.717) is 0 Å². The summed E-state index contributed by atoms with van der Waals surface area (Å²) < 4.78 is 7.80. The maximum absolute atomic E-state index is 7.80. The van der Waals surface area contributed by atoms with Gasteiger partial charge in [0, 0.05) is 7.39 Å². The highest BCUT2D eigenvalue weighted by molar-refractivity contribution is 5.15. The summed E-state index contributed by atoms with van der Waals surface area (Å²) >= 11 is 0. The van der Waals surface area contributed by atoms with Crippen molar-refractivity contribution in [3.8, 4) is 0 Å². The molecular formula is C10H15N. The van der Waals surface area contributed by atoms with Crippen molar-refractivity contribution in [1.82, 2.24) is 5.32 Å². The van der Waals surface area contributed by atoms with E-state index in [0.717, 1.165) is 6.42 Å². The Labute approximate surface area is 69.8 Å². The van der Waals surface area contributed by atoms with Crippen LogP contribution in [0.2, 0.25) is 0 Å². The average Bonchev–Trinajstić information content (AvgIpc) is 2.06. The fourth-order valence-corrected chi connectivity index (χ4v) is 0.990. The molecule has 0 radical (unpaired) electrons. The monoisotopic (exact) mass is 150 g/mol. The zero-order chi connectivity index (χ0) is 9.03. The van der Waals surface area contributed by atoms with Crippen LogP contribution in [0.5, 0.6) is 0 Å². The first kappa shape index (κ1) is 6.86. The van der Waals surface area contributed by atoms with Crippen molar-refractivity contribution in [1.29, 1.82) is 0 Å². The van der Waals surface area contributed by atoms with E-state index in [-0.39, 0.29) is 0 Å². The predicted octanol–water partition coefficient (Wildman–Crippen LogP) is 1.84. The highest BCUT2D eigenvalue weighted by atomic mass is 14.8. The molecule has 1 N–H and O–H groups in total. The van der Waals surface area contributed by atoms with Crippen LogP contribution < -0.4 is 5.32 Å². The zero-order valence-electron chi connectivity index (χ0n) is 8.09. The summed E-state index contributed by atoms with van der Waals surface area (Å²) in [6, 6.07) is 9.53. The number of likely N-dealkylation sites (N-methyl/N-ethyl adjacent to an activating group) is 1. The third-order valence-corrected chi connectivity index (χ3v) is 1.74. The van der Waals surface area contributed by atoms with Gasteiger partial charge in [0.2, 0.25) is 0 Å². The van der Waals surface area contributed by atoms with Crippen molar-refractivity contribution in [3.05, 3.63) is 35.9 Å². The van der Waals surface area contributed by atoms with Gasteiger partial charge < -0.3 is 5.32 Å². The first-order valence-electron chi connectivity index (χ1n) is 4.37.